The first kappa shape index (κ1) is 14.9. The Kier molecular flexibility index (Phi) is 6.40. The number of nitrogens with zero attached hydrogens (tertiary/aromatic N) is 2. The van der Waals surface area contributed by atoms with Gasteiger partial charge in [0.05, 0.1) is 5.75 Å². The van der Waals surface area contributed by atoms with E-state index in [1.165, 1.54) is 0 Å². The molecule has 1 aliphatic rings. The molecule has 17 heavy (non-hydrogen) atoms. The summed E-state index contributed by atoms with van der Waals surface area (Å²) >= 11 is 0. The van der Waals surface area contributed by atoms with E-state index in [1.807, 2.05) is 0 Å². The third-order valence-electron chi connectivity index (χ3n) is 3.23. The average molecular weight is 263 g/mol. The lowest BCUT2D eigenvalue weighted by atomic mass is 10.3. The zero-order valence-electron chi connectivity index (χ0n) is 11.0. The molecule has 0 atom stereocenters. The standard InChI is InChI=1S/C11H25N3O2S/c1-3-17(15,16)11-5-12-4-6-14-9-7-13(2)8-10-14/h12H,3-11H2,1-2H3. The largest absolute Gasteiger partial charge is 0.314 e. The summed E-state index contributed by atoms with van der Waals surface area (Å²) in [7, 11) is -0.671. The van der Waals surface area contributed by atoms with E-state index in [9.17, 15) is 8.42 Å². The van der Waals surface area contributed by atoms with Gasteiger partial charge in [-0.05, 0) is 7.05 Å². The summed E-state index contributed by atoms with van der Waals surface area (Å²) in [5, 5.41) is 3.20. The second-order valence-electron chi connectivity index (χ2n) is 4.63. The van der Waals surface area contributed by atoms with Crippen molar-refractivity contribution in [3.8, 4) is 0 Å². The molecule has 1 fully saturated rings. The molecule has 1 rings (SSSR count). The summed E-state index contributed by atoms with van der Waals surface area (Å²) in [5.41, 5.74) is 0. The van der Waals surface area contributed by atoms with Crippen molar-refractivity contribution in [2.45, 2.75) is 6.92 Å². The lowest BCUT2D eigenvalue weighted by Crippen LogP contribution is -2.46. The van der Waals surface area contributed by atoms with Gasteiger partial charge in [0.25, 0.3) is 0 Å². The molecule has 0 radical (unpaired) electrons. The first-order valence-electron chi connectivity index (χ1n) is 6.35. The number of nitrogens with one attached hydrogen (secondary N) is 1. The fraction of sp³-hybridized carbons (Fsp3) is 1.00. The zero-order chi connectivity index (χ0) is 12.7. The van der Waals surface area contributed by atoms with Gasteiger partial charge in [-0.15, -0.1) is 0 Å². The van der Waals surface area contributed by atoms with Crippen LogP contribution >= 0.6 is 0 Å². The van der Waals surface area contributed by atoms with Crippen LogP contribution in [0.15, 0.2) is 0 Å². The molecule has 0 aliphatic carbocycles. The first-order chi connectivity index (χ1) is 8.03. The number of hydrogen-bond acceptors (Lipinski definition) is 5. The van der Waals surface area contributed by atoms with E-state index in [1.54, 1.807) is 6.92 Å². The Labute approximate surface area is 105 Å². The molecular formula is C11H25N3O2S. The molecule has 0 spiro atoms. The van der Waals surface area contributed by atoms with Crippen molar-refractivity contribution in [3.05, 3.63) is 0 Å². The summed E-state index contributed by atoms with van der Waals surface area (Å²) in [6, 6.07) is 0. The smallest absolute Gasteiger partial charge is 0.151 e. The SMILES string of the molecule is CCS(=O)(=O)CCNCCN1CCN(C)CC1. The first-order valence-corrected chi connectivity index (χ1v) is 8.17. The molecule has 0 bridgehead atoms. The minimum atomic E-state index is -2.81. The third-order valence-corrected chi connectivity index (χ3v) is 4.94. The van der Waals surface area contributed by atoms with Gasteiger partial charge in [-0.1, -0.05) is 6.92 Å². The van der Waals surface area contributed by atoms with E-state index < -0.39 is 9.84 Å². The van der Waals surface area contributed by atoms with Crippen LogP contribution in [0.25, 0.3) is 0 Å². The average Bonchev–Trinajstić information content (AvgIpc) is 2.31. The molecule has 5 nitrogen and oxygen atoms in total. The Balaban J connectivity index is 2.01. The van der Waals surface area contributed by atoms with E-state index in [-0.39, 0.29) is 11.5 Å². The fourth-order valence-electron chi connectivity index (χ4n) is 1.81. The lowest BCUT2D eigenvalue weighted by molar-refractivity contribution is 0.155. The molecule has 0 aromatic carbocycles. The molecule has 1 N–H and O–H groups in total. The van der Waals surface area contributed by atoms with E-state index in [0.29, 0.717) is 6.54 Å². The van der Waals surface area contributed by atoms with Crippen LogP contribution in [0.1, 0.15) is 6.92 Å². The molecule has 1 heterocycles. The van der Waals surface area contributed by atoms with Crippen molar-refractivity contribution >= 4 is 9.84 Å². The van der Waals surface area contributed by atoms with Crippen molar-refractivity contribution in [2.75, 3.05) is 64.4 Å². The second kappa shape index (κ2) is 7.31. The van der Waals surface area contributed by atoms with Crippen LogP contribution in [0, 0.1) is 0 Å². The van der Waals surface area contributed by atoms with Crippen molar-refractivity contribution in [1.82, 2.24) is 15.1 Å². The van der Waals surface area contributed by atoms with E-state index in [0.717, 1.165) is 39.3 Å². The van der Waals surface area contributed by atoms with E-state index >= 15 is 0 Å². The predicted molar refractivity (Wildman–Crippen MR) is 71.1 cm³/mol. The molecule has 1 aliphatic heterocycles. The monoisotopic (exact) mass is 263 g/mol. The van der Waals surface area contributed by atoms with Crippen molar-refractivity contribution in [2.24, 2.45) is 0 Å². The van der Waals surface area contributed by atoms with Crippen LogP contribution in [0.3, 0.4) is 0 Å². The number of hydrogen-bond donors (Lipinski definition) is 1. The molecular weight excluding hydrogens is 238 g/mol. The van der Waals surface area contributed by atoms with Gasteiger partial charge in [0.15, 0.2) is 9.84 Å². The Hall–Kier alpha value is -0.170. The molecule has 1 saturated heterocycles. The Morgan fingerprint density at radius 3 is 2.35 bits per heavy atom. The fourth-order valence-corrected chi connectivity index (χ4v) is 2.55. The molecule has 102 valence electrons. The maximum Gasteiger partial charge on any atom is 0.151 e. The van der Waals surface area contributed by atoms with Gasteiger partial charge in [0.2, 0.25) is 0 Å². The highest BCUT2D eigenvalue weighted by atomic mass is 32.2. The summed E-state index contributed by atoms with van der Waals surface area (Å²) in [6.45, 7) is 8.65. The predicted octanol–water partition coefficient (Wildman–Crippen LogP) is -0.742. The van der Waals surface area contributed by atoms with Gasteiger partial charge in [0, 0.05) is 51.6 Å². The Morgan fingerprint density at radius 2 is 1.76 bits per heavy atom. The van der Waals surface area contributed by atoms with Gasteiger partial charge >= 0.3 is 0 Å². The Bertz CT molecular complexity index is 298. The van der Waals surface area contributed by atoms with Crippen molar-refractivity contribution in [3.63, 3.8) is 0 Å². The van der Waals surface area contributed by atoms with Crippen LogP contribution < -0.4 is 5.32 Å². The topological polar surface area (TPSA) is 52.7 Å². The summed E-state index contributed by atoms with van der Waals surface area (Å²) in [6.07, 6.45) is 0. The third kappa shape index (κ3) is 6.35. The van der Waals surface area contributed by atoms with Gasteiger partial charge in [-0.25, -0.2) is 8.42 Å². The van der Waals surface area contributed by atoms with Gasteiger partial charge in [-0.2, -0.15) is 0 Å². The van der Waals surface area contributed by atoms with Crippen LogP contribution in [0.4, 0.5) is 0 Å². The van der Waals surface area contributed by atoms with Crippen molar-refractivity contribution < 1.29 is 8.42 Å². The number of sulfone groups is 1. The summed E-state index contributed by atoms with van der Waals surface area (Å²) < 4.78 is 22.5. The number of likely N-dealkylation sites (N-methyl/N-ethyl adjacent to an activating group) is 1. The molecule has 0 aromatic rings. The minimum absolute atomic E-state index is 0.243. The van der Waals surface area contributed by atoms with E-state index in [4.69, 9.17) is 0 Å². The summed E-state index contributed by atoms with van der Waals surface area (Å²) in [4.78, 5) is 4.75. The maximum atomic E-state index is 11.2. The van der Waals surface area contributed by atoms with E-state index in [2.05, 4.69) is 22.2 Å². The number of piperazine rings is 1. The lowest BCUT2D eigenvalue weighted by Gasteiger charge is -2.32. The van der Waals surface area contributed by atoms with Crippen molar-refractivity contribution in [1.29, 1.82) is 0 Å². The highest BCUT2D eigenvalue weighted by Crippen LogP contribution is 1.97. The molecule has 6 heteroatoms. The minimum Gasteiger partial charge on any atom is -0.314 e. The summed E-state index contributed by atoms with van der Waals surface area (Å²) in [5.74, 6) is 0.499. The normalized spacial score (nSPS) is 19.6. The zero-order valence-corrected chi connectivity index (χ0v) is 11.8. The molecule has 0 aromatic heterocycles. The highest BCUT2D eigenvalue weighted by molar-refractivity contribution is 7.91. The maximum absolute atomic E-state index is 11.2. The van der Waals surface area contributed by atoms with Crippen LogP contribution in [-0.2, 0) is 9.84 Å². The molecule has 0 unspecified atom stereocenters. The molecule has 0 saturated carbocycles. The highest BCUT2D eigenvalue weighted by Gasteiger charge is 2.12. The van der Waals surface area contributed by atoms with Crippen LogP contribution in [0.5, 0.6) is 0 Å². The number of rotatable bonds is 7. The van der Waals surface area contributed by atoms with Gasteiger partial charge in [-0.3, -0.25) is 4.90 Å². The van der Waals surface area contributed by atoms with Gasteiger partial charge in [0.1, 0.15) is 0 Å². The quantitative estimate of drug-likeness (QED) is 0.613. The van der Waals surface area contributed by atoms with Gasteiger partial charge < -0.3 is 10.2 Å². The second-order valence-corrected chi connectivity index (χ2v) is 7.10. The van der Waals surface area contributed by atoms with Crippen LogP contribution in [0.2, 0.25) is 0 Å². The Morgan fingerprint density at radius 1 is 1.12 bits per heavy atom. The van der Waals surface area contributed by atoms with Crippen LogP contribution in [-0.4, -0.2) is 82.6 Å². The molecule has 0 amide bonds.